The quantitative estimate of drug-likeness (QED) is 0.635. The summed E-state index contributed by atoms with van der Waals surface area (Å²) in [6, 6.07) is 4.84. The van der Waals surface area contributed by atoms with Gasteiger partial charge in [-0.1, -0.05) is 0 Å². The average molecular weight is 347 g/mol. The molecule has 7 nitrogen and oxygen atoms in total. The van der Waals surface area contributed by atoms with Gasteiger partial charge in [0, 0.05) is 30.9 Å². The van der Waals surface area contributed by atoms with Crippen LogP contribution in [-0.2, 0) is 4.79 Å². The van der Waals surface area contributed by atoms with Crippen LogP contribution in [0.4, 0.5) is 5.69 Å². The predicted octanol–water partition coefficient (Wildman–Crippen LogP) is 2.38. The molecule has 0 aliphatic rings. The number of unbranched alkanes of at least 4 members (excludes halogenated alkanes) is 1. The van der Waals surface area contributed by atoms with Gasteiger partial charge in [0.2, 0.25) is 0 Å². The van der Waals surface area contributed by atoms with Gasteiger partial charge in [0.15, 0.2) is 0 Å². The van der Waals surface area contributed by atoms with E-state index in [0.29, 0.717) is 35.5 Å². The number of hydrogen-bond acceptors (Lipinski definition) is 5. The first-order valence-corrected chi connectivity index (χ1v) is 8.24. The fourth-order valence-electron chi connectivity index (χ4n) is 1.96. The minimum Gasteiger partial charge on any atom is -0.481 e. The Morgan fingerprint density at radius 3 is 2.54 bits per heavy atom. The van der Waals surface area contributed by atoms with Gasteiger partial charge in [-0.3, -0.25) is 19.4 Å². The number of aromatic nitrogens is 1. The smallest absolute Gasteiger partial charge is 0.303 e. The number of hydrogen-bond donors (Lipinski definition) is 3. The third-order valence-corrected chi connectivity index (χ3v) is 4.08. The molecule has 2 rings (SSSR count). The number of carbonyl (C=O) groups excluding carboxylic acids is 2. The van der Waals surface area contributed by atoms with Gasteiger partial charge in [0.1, 0.15) is 4.88 Å². The number of anilines is 1. The van der Waals surface area contributed by atoms with Crippen molar-refractivity contribution in [1.82, 2.24) is 10.3 Å². The minimum atomic E-state index is -0.847. The first-order chi connectivity index (χ1) is 11.6. The molecule has 8 heteroatoms. The Morgan fingerprint density at radius 2 is 1.83 bits per heavy atom. The Morgan fingerprint density at radius 1 is 1.08 bits per heavy atom. The summed E-state index contributed by atoms with van der Waals surface area (Å²) in [7, 11) is 0. The van der Waals surface area contributed by atoms with Crippen LogP contribution in [0.15, 0.2) is 36.0 Å². The summed E-state index contributed by atoms with van der Waals surface area (Å²) in [6.45, 7) is 0.391. The van der Waals surface area contributed by atoms with Gasteiger partial charge in [-0.05, 0) is 36.4 Å². The van der Waals surface area contributed by atoms with E-state index in [1.54, 1.807) is 23.6 Å². The number of aliphatic carboxylic acids is 1. The Labute approximate surface area is 142 Å². The fraction of sp³-hybridized carbons (Fsp3) is 0.250. The Bertz CT molecular complexity index is 715. The lowest BCUT2D eigenvalue weighted by Crippen LogP contribution is -2.25. The van der Waals surface area contributed by atoms with E-state index in [-0.39, 0.29) is 18.2 Å². The lowest BCUT2D eigenvalue weighted by atomic mass is 10.2. The second-order valence-corrected chi connectivity index (χ2v) is 5.88. The second-order valence-electron chi connectivity index (χ2n) is 4.96. The molecule has 2 heterocycles. The topological polar surface area (TPSA) is 108 Å². The SMILES string of the molecule is O=C(O)CCCCNC(=O)c1sccc1NC(=O)c1ccncc1. The van der Waals surface area contributed by atoms with E-state index in [0.717, 1.165) is 0 Å². The number of thiophene rings is 1. The van der Waals surface area contributed by atoms with Crippen molar-refractivity contribution in [2.24, 2.45) is 0 Å². The van der Waals surface area contributed by atoms with Crippen molar-refractivity contribution in [2.45, 2.75) is 19.3 Å². The zero-order valence-electron chi connectivity index (χ0n) is 12.8. The van der Waals surface area contributed by atoms with Gasteiger partial charge >= 0.3 is 5.97 Å². The Kier molecular flexibility index (Phi) is 6.44. The predicted molar refractivity (Wildman–Crippen MR) is 90.3 cm³/mol. The van der Waals surface area contributed by atoms with Gasteiger partial charge in [-0.2, -0.15) is 0 Å². The summed E-state index contributed by atoms with van der Waals surface area (Å²) in [5.74, 6) is -1.45. The monoisotopic (exact) mass is 347 g/mol. The molecule has 126 valence electrons. The maximum atomic E-state index is 12.2. The molecule has 0 fully saturated rings. The summed E-state index contributed by atoms with van der Waals surface area (Å²) in [6.07, 6.45) is 4.22. The lowest BCUT2D eigenvalue weighted by Gasteiger charge is -2.07. The molecule has 0 aliphatic carbocycles. The first-order valence-electron chi connectivity index (χ1n) is 7.37. The molecule has 0 bridgehead atoms. The molecule has 0 saturated carbocycles. The number of rotatable bonds is 8. The summed E-state index contributed by atoms with van der Waals surface area (Å²) < 4.78 is 0. The molecule has 0 unspecified atom stereocenters. The van der Waals surface area contributed by atoms with Crippen molar-refractivity contribution in [3.05, 3.63) is 46.4 Å². The Balaban J connectivity index is 1.88. The molecule has 2 aromatic rings. The molecule has 0 atom stereocenters. The fourth-order valence-corrected chi connectivity index (χ4v) is 2.73. The maximum absolute atomic E-state index is 12.2. The third kappa shape index (κ3) is 5.17. The van der Waals surface area contributed by atoms with Gasteiger partial charge in [0.05, 0.1) is 5.69 Å². The molecule has 24 heavy (non-hydrogen) atoms. The van der Waals surface area contributed by atoms with Crippen LogP contribution >= 0.6 is 11.3 Å². The standard InChI is InChI=1S/C16H17N3O4S/c20-13(21)3-1-2-7-18-16(23)14-12(6-10-24-14)19-15(22)11-4-8-17-9-5-11/h4-6,8-10H,1-3,7H2,(H,18,23)(H,19,22)(H,20,21). The summed E-state index contributed by atoms with van der Waals surface area (Å²) in [5.41, 5.74) is 0.904. The minimum absolute atomic E-state index is 0.0854. The first kappa shape index (κ1) is 17.6. The highest BCUT2D eigenvalue weighted by Crippen LogP contribution is 2.22. The molecule has 0 aliphatic heterocycles. The molecular formula is C16H17N3O4S. The van der Waals surface area contributed by atoms with E-state index < -0.39 is 5.97 Å². The van der Waals surface area contributed by atoms with Crippen molar-refractivity contribution >= 4 is 34.8 Å². The third-order valence-electron chi connectivity index (χ3n) is 3.17. The van der Waals surface area contributed by atoms with Crippen LogP contribution < -0.4 is 10.6 Å². The van der Waals surface area contributed by atoms with Crippen LogP contribution in [0.25, 0.3) is 0 Å². The molecule has 0 radical (unpaired) electrons. The van der Waals surface area contributed by atoms with Gasteiger partial charge < -0.3 is 15.7 Å². The van der Waals surface area contributed by atoms with Crippen LogP contribution in [0.2, 0.25) is 0 Å². The molecule has 2 aromatic heterocycles. The van der Waals surface area contributed by atoms with Crippen molar-refractivity contribution in [3.8, 4) is 0 Å². The number of carboxylic acids is 1. The largest absolute Gasteiger partial charge is 0.481 e. The van der Waals surface area contributed by atoms with E-state index in [1.165, 1.54) is 23.7 Å². The average Bonchev–Trinajstić information content (AvgIpc) is 3.03. The molecule has 0 spiro atoms. The second kappa shape index (κ2) is 8.78. The number of carbonyl (C=O) groups is 3. The van der Waals surface area contributed by atoms with Crippen molar-refractivity contribution in [2.75, 3.05) is 11.9 Å². The zero-order chi connectivity index (χ0) is 17.4. The van der Waals surface area contributed by atoms with Crippen LogP contribution in [-0.4, -0.2) is 34.4 Å². The van der Waals surface area contributed by atoms with Gasteiger partial charge in [0.25, 0.3) is 11.8 Å². The molecule has 0 aromatic carbocycles. The van der Waals surface area contributed by atoms with Crippen LogP contribution in [0, 0.1) is 0 Å². The lowest BCUT2D eigenvalue weighted by molar-refractivity contribution is -0.137. The summed E-state index contributed by atoms with van der Waals surface area (Å²) in [5, 5.41) is 15.7. The van der Waals surface area contributed by atoms with Crippen molar-refractivity contribution in [3.63, 3.8) is 0 Å². The highest BCUT2D eigenvalue weighted by Gasteiger charge is 2.15. The van der Waals surface area contributed by atoms with E-state index in [1.807, 2.05) is 0 Å². The zero-order valence-corrected chi connectivity index (χ0v) is 13.6. The molecule has 3 N–H and O–H groups in total. The number of pyridine rings is 1. The van der Waals surface area contributed by atoms with Crippen molar-refractivity contribution in [1.29, 1.82) is 0 Å². The highest BCUT2D eigenvalue weighted by molar-refractivity contribution is 7.12. The number of nitrogens with one attached hydrogen (secondary N) is 2. The van der Waals surface area contributed by atoms with Crippen LogP contribution in [0.1, 0.15) is 39.3 Å². The van der Waals surface area contributed by atoms with E-state index >= 15 is 0 Å². The van der Waals surface area contributed by atoms with E-state index in [4.69, 9.17) is 5.11 Å². The van der Waals surface area contributed by atoms with E-state index in [2.05, 4.69) is 15.6 Å². The number of amides is 2. The number of nitrogens with zero attached hydrogens (tertiary/aromatic N) is 1. The summed E-state index contributed by atoms with van der Waals surface area (Å²) >= 11 is 1.23. The van der Waals surface area contributed by atoms with E-state index in [9.17, 15) is 14.4 Å². The van der Waals surface area contributed by atoms with Gasteiger partial charge in [-0.25, -0.2) is 0 Å². The maximum Gasteiger partial charge on any atom is 0.303 e. The normalized spacial score (nSPS) is 10.2. The summed E-state index contributed by atoms with van der Waals surface area (Å²) in [4.78, 5) is 39.0. The van der Waals surface area contributed by atoms with Crippen LogP contribution in [0.5, 0.6) is 0 Å². The Hall–Kier alpha value is -2.74. The number of carboxylic acid groups (broad SMARTS) is 1. The highest BCUT2D eigenvalue weighted by atomic mass is 32.1. The molecule has 0 saturated heterocycles. The van der Waals surface area contributed by atoms with Crippen LogP contribution in [0.3, 0.4) is 0 Å². The van der Waals surface area contributed by atoms with Crippen molar-refractivity contribution < 1.29 is 19.5 Å². The molecule has 2 amide bonds. The van der Waals surface area contributed by atoms with Gasteiger partial charge in [-0.15, -0.1) is 11.3 Å². The molecular weight excluding hydrogens is 330 g/mol.